The summed E-state index contributed by atoms with van der Waals surface area (Å²) < 4.78 is 20.8. The number of carbonyl (C=O) groups excluding carboxylic acids is 1. The van der Waals surface area contributed by atoms with E-state index in [4.69, 9.17) is 14.2 Å². The first kappa shape index (κ1) is 38.5. The number of fused-ring (bicyclic) bond motifs is 3. The van der Waals surface area contributed by atoms with E-state index >= 15 is 0 Å². The molecule has 0 saturated heterocycles. The van der Waals surface area contributed by atoms with E-state index in [0.717, 1.165) is 74.9 Å². The van der Waals surface area contributed by atoms with Gasteiger partial charge in [-0.05, 0) is 147 Å². The van der Waals surface area contributed by atoms with E-state index in [1.807, 2.05) is 88.4 Å². The van der Waals surface area contributed by atoms with Crippen molar-refractivity contribution in [2.45, 2.75) is 86.4 Å². The zero-order valence-electron chi connectivity index (χ0n) is 33.8. The first-order valence-corrected chi connectivity index (χ1v) is 20.1. The molecule has 0 atom stereocenters. The SMILES string of the molecule is CCCc1ccc(CCC(C)C)cc1-c1ccc(OC(=O)c2ccc(-c3ccc(-n4c5cccc(OC(C)C)c5c5c(OC(C)C)cccc54)cc3)cc2)cc1. The first-order chi connectivity index (χ1) is 27.1. The molecular weight excluding hydrogens is 691 g/mol. The summed E-state index contributed by atoms with van der Waals surface area (Å²) in [5, 5.41) is 2.08. The average molecular weight is 744 g/mol. The van der Waals surface area contributed by atoms with Crippen LogP contribution in [0.1, 0.15) is 82.8 Å². The Morgan fingerprint density at radius 2 is 1.16 bits per heavy atom. The van der Waals surface area contributed by atoms with Crippen molar-refractivity contribution in [2.24, 2.45) is 5.92 Å². The van der Waals surface area contributed by atoms with E-state index < -0.39 is 0 Å². The van der Waals surface area contributed by atoms with Gasteiger partial charge in [0.25, 0.3) is 0 Å². The molecule has 0 aliphatic rings. The molecule has 0 bridgehead atoms. The number of hydrogen-bond donors (Lipinski definition) is 0. The fourth-order valence-electron chi connectivity index (χ4n) is 7.49. The maximum atomic E-state index is 13.2. The van der Waals surface area contributed by atoms with Gasteiger partial charge >= 0.3 is 5.97 Å². The minimum atomic E-state index is -0.380. The lowest BCUT2D eigenvalue weighted by Crippen LogP contribution is -2.08. The molecule has 56 heavy (non-hydrogen) atoms. The van der Waals surface area contributed by atoms with Crippen LogP contribution in [-0.2, 0) is 12.8 Å². The molecule has 0 fully saturated rings. The Hall–Kier alpha value is -5.81. The van der Waals surface area contributed by atoms with Gasteiger partial charge in [-0.2, -0.15) is 0 Å². The average Bonchev–Trinajstić information content (AvgIpc) is 3.54. The highest BCUT2D eigenvalue weighted by Crippen LogP contribution is 2.43. The Morgan fingerprint density at radius 3 is 1.70 bits per heavy atom. The van der Waals surface area contributed by atoms with Crippen molar-refractivity contribution >= 4 is 27.8 Å². The number of carbonyl (C=O) groups is 1. The second-order valence-corrected chi connectivity index (χ2v) is 15.7. The summed E-state index contributed by atoms with van der Waals surface area (Å²) in [5.74, 6) is 2.50. The number of esters is 1. The third-order valence-corrected chi connectivity index (χ3v) is 10.1. The van der Waals surface area contributed by atoms with Crippen molar-refractivity contribution in [3.63, 3.8) is 0 Å². The zero-order chi connectivity index (χ0) is 39.3. The highest BCUT2D eigenvalue weighted by atomic mass is 16.5. The van der Waals surface area contributed by atoms with Crippen LogP contribution in [0.25, 0.3) is 49.7 Å². The molecule has 0 amide bonds. The minimum absolute atomic E-state index is 0.0308. The molecule has 7 rings (SSSR count). The van der Waals surface area contributed by atoms with Crippen molar-refractivity contribution in [2.75, 3.05) is 0 Å². The molecule has 0 unspecified atom stereocenters. The Bertz CT molecular complexity index is 2370. The molecule has 0 N–H and O–H groups in total. The van der Waals surface area contributed by atoms with Crippen LogP contribution in [0.4, 0.5) is 0 Å². The Labute approximate surface area is 331 Å². The van der Waals surface area contributed by atoms with Crippen LogP contribution in [0.3, 0.4) is 0 Å². The van der Waals surface area contributed by atoms with Gasteiger partial charge in [-0.15, -0.1) is 0 Å². The van der Waals surface area contributed by atoms with Crippen LogP contribution in [0.15, 0.2) is 127 Å². The normalized spacial score (nSPS) is 11.6. The van der Waals surface area contributed by atoms with Crippen LogP contribution in [0.5, 0.6) is 17.2 Å². The molecule has 0 spiro atoms. The molecule has 7 aromatic rings. The summed E-state index contributed by atoms with van der Waals surface area (Å²) in [4.78, 5) is 13.2. The van der Waals surface area contributed by atoms with Gasteiger partial charge in [-0.3, -0.25) is 0 Å². The first-order valence-electron chi connectivity index (χ1n) is 20.1. The Kier molecular flexibility index (Phi) is 11.6. The predicted molar refractivity (Wildman–Crippen MR) is 232 cm³/mol. The number of ether oxygens (including phenoxy) is 3. The molecule has 5 nitrogen and oxygen atoms in total. The van der Waals surface area contributed by atoms with Gasteiger partial charge in [0, 0.05) is 5.69 Å². The number of aryl methyl sites for hydroxylation is 2. The number of rotatable bonds is 14. The van der Waals surface area contributed by atoms with Gasteiger partial charge in [0.15, 0.2) is 0 Å². The maximum Gasteiger partial charge on any atom is 0.343 e. The van der Waals surface area contributed by atoms with E-state index in [0.29, 0.717) is 17.2 Å². The zero-order valence-corrected chi connectivity index (χ0v) is 33.8. The van der Waals surface area contributed by atoms with Crippen molar-refractivity contribution < 1.29 is 19.0 Å². The minimum Gasteiger partial charge on any atom is -0.490 e. The maximum absolute atomic E-state index is 13.2. The summed E-state index contributed by atoms with van der Waals surface area (Å²) in [5.41, 5.74) is 10.8. The molecular formula is C51H53NO4. The number of hydrogen-bond acceptors (Lipinski definition) is 4. The fraction of sp³-hybridized carbons (Fsp3) is 0.275. The molecule has 0 aliphatic heterocycles. The molecule has 286 valence electrons. The van der Waals surface area contributed by atoms with Crippen LogP contribution >= 0.6 is 0 Å². The topological polar surface area (TPSA) is 49.7 Å². The Balaban J connectivity index is 1.10. The van der Waals surface area contributed by atoms with Crippen LogP contribution in [0.2, 0.25) is 0 Å². The lowest BCUT2D eigenvalue weighted by atomic mass is 9.92. The monoisotopic (exact) mass is 743 g/mol. The molecule has 0 radical (unpaired) electrons. The van der Waals surface area contributed by atoms with Gasteiger partial charge in [0.05, 0.1) is 39.6 Å². The largest absolute Gasteiger partial charge is 0.490 e. The van der Waals surface area contributed by atoms with E-state index in [2.05, 4.69) is 92.1 Å². The number of aromatic nitrogens is 1. The molecule has 0 aliphatic carbocycles. The molecule has 6 aromatic carbocycles. The van der Waals surface area contributed by atoms with Crippen molar-refractivity contribution in [1.82, 2.24) is 4.57 Å². The van der Waals surface area contributed by atoms with Crippen molar-refractivity contribution in [3.8, 4) is 45.2 Å². The van der Waals surface area contributed by atoms with Gasteiger partial charge < -0.3 is 18.8 Å². The van der Waals surface area contributed by atoms with Gasteiger partial charge in [-0.1, -0.05) is 93.9 Å². The fourth-order valence-corrected chi connectivity index (χ4v) is 7.49. The van der Waals surface area contributed by atoms with Crippen LogP contribution in [-0.4, -0.2) is 22.7 Å². The quantitative estimate of drug-likeness (QED) is 0.0822. The summed E-state index contributed by atoms with van der Waals surface area (Å²) in [6, 6.07) is 43.4. The summed E-state index contributed by atoms with van der Waals surface area (Å²) in [7, 11) is 0. The van der Waals surface area contributed by atoms with E-state index in [1.165, 1.54) is 23.1 Å². The number of benzene rings is 6. The predicted octanol–water partition coefficient (Wildman–Crippen LogP) is 13.5. The third kappa shape index (κ3) is 8.38. The van der Waals surface area contributed by atoms with Gasteiger partial charge in [0.1, 0.15) is 17.2 Å². The van der Waals surface area contributed by atoms with Gasteiger partial charge in [-0.25, -0.2) is 4.79 Å². The van der Waals surface area contributed by atoms with E-state index in [9.17, 15) is 4.79 Å². The summed E-state index contributed by atoms with van der Waals surface area (Å²) >= 11 is 0. The van der Waals surface area contributed by atoms with Crippen molar-refractivity contribution in [3.05, 3.63) is 144 Å². The summed E-state index contributed by atoms with van der Waals surface area (Å²) in [6.45, 7) is 15.0. The second kappa shape index (κ2) is 16.9. The second-order valence-electron chi connectivity index (χ2n) is 15.7. The third-order valence-electron chi connectivity index (χ3n) is 10.1. The lowest BCUT2D eigenvalue weighted by molar-refractivity contribution is 0.0734. The standard InChI is InChI=1S/C51H53NO4/c1-8-11-39-19-18-36(17-16-33(2)3)32-44(39)40-26-30-43(31-27-40)56-51(53)41-22-20-37(21-23-41)38-24-28-42(29-25-38)52-45-12-9-14-47(54-34(4)5)49(45)50-46(52)13-10-15-48(50)55-35(6)7/h9-10,12-15,18-35H,8,11,16-17H2,1-7H3. The smallest absolute Gasteiger partial charge is 0.343 e. The van der Waals surface area contributed by atoms with E-state index in [-0.39, 0.29) is 18.2 Å². The molecule has 1 aromatic heterocycles. The highest BCUT2D eigenvalue weighted by Gasteiger charge is 2.21. The number of nitrogens with zero attached hydrogens (tertiary/aromatic N) is 1. The van der Waals surface area contributed by atoms with Crippen LogP contribution in [0, 0.1) is 5.92 Å². The van der Waals surface area contributed by atoms with Crippen LogP contribution < -0.4 is 14.2 Å². The van der Waals surface area contributed by atoms with E-state index in [1.54, 1.807) is 0 Å². The van der Waals surface area contributed by atoms with Crippen molar-refractivity contribution in [1.29, 1.82) is 0 Å². The molecule has 5 heteroatoms. The summed E-state index contributed by atoms with van der Waals surface area (Å²) in [6.07, 6.45) is 4.43. The lowest BCUT2D eigenvalue weighted by Gasteiger charge is -2.13. The highest BCUT2D eigenvalue weighted by molar-refractivity contribution is 6.15. The molecule has 0 saturated carbocycles. The Morgan fingerprint density at radius 1 is 0.607 bits per heavy atom. The molecule has 1 heterocycles. The van der Waals surface area contributed by atoms with Gasteiger partial charge in [0.2, 0.25) is 0 Å².